The molecule has 2 nitrogen and oxygen atoms in total. The lowest BCUT2D eigenvalue weighted by molar-refractivity contribution is 0.0578. The number of nitriles is 1. The lowest BCUT2D eigenvalue weighted by atomic mass is 9.76. The smallest absolute Gasteiger partial charge is 0.0750 e. The minimum Gasteiger partial charge on any atom is -0.392 e. The summed E-state index contributed by atoms with van der Waals surface area (Å²) in [6.07, 6.45) is 5.70. The summed E-state index contributed by atoms with van der Waals surface area (Å²) in [6, 6.07) is 2.25. The van der Waals surface area contributed by atoms with Gasteiger partial charge in [0.2, 0.25) is 0 Å². The van der Waals surface area contributed by atoms with Gasteiger partial charge < -0.3 is 5.11 Å². The van der Waals surface area contributed by atoms with E-state index in [0.717, 1.165) is 38.5 Å². The van der Waals surface area contributed by atoms with Crippen LogP contribution in [0.1, 0.15) is 38.5 Å². The van der Waals surface area contributed by atoms with Gasteiger partial charge in [0.15, 0.2) is 0 Å². The van der Waals surface area contributed by atoms with E-state index in [4.69, 9.17) is 16.9 Å². The molecular formula is C11H18ClNO. The molecule has 0 aromatic carbocycles. The lowest BCUT2D eigenvalue weighted by Gasteiger charge is -2.30. The highest BCUT2D eigenvalue weighted by molar-refractivity contribution is 6.17. The van der Waals surface area contributed by atoms with Crippen LogP contribution >= 0.6 is 11.6 Å². The van der Waals surface area contributed by atoms with Crippen molar-refractivity contribution in [1.82, 2.24) is 0 Å². The summed E-state index contributed by atoms with van der Waals surface area (Å²) in [6.45, 7) is 0. The Morgan fingerprint density at radius 1 is 1.36 bits per heavy atom. The molecule has 0 saturated heterocycles. The summed E-state index contributed by atoms with van der Waals surface area (Å²) in [5.74, 6) is 0.956. The van der Waals surface area contributed by atoms with Crippen LogP contribution in [-0.2, 0) is 0 Å². The Bertz CT molecular complexity index is 202. The highest BCUT2D eigenvalue weighted by atomic mass is 35.5. The predicted octanol–water partition coefficient (Wildman–Crippen LogP) is 2.70. The molecule has 0 aromatic rings. The zero-order valence-electron chi connectivity index (χ0n) is 8.45. The number of rotatable bonds is 4. The highest BCUT2D eigenvalue weighted by Gasteiger charge is 2.31. The van der Waals surface area contributed by atoms with E-state index in [1.165, 1.54) is 0 Å². The van der Waals surface area contributed by atoms with Crippen LogP contribution in [0, 0.1) is 23.2 Å². The fraction of sp³-hybridized carbons (Fsp3) is 0.909. The molecule has 1 aliphatic rings. The van der Waals surface area contributed by atoms with Gasteiger partial charge in [-0.15, -0.1) is 11.6 Å². The van der Waals surface area contributed by atoms with Crippen molar-refractivity contribution in [2.45, 2.75) is 44.6 Å². The Kier molecular flexibility index (Phi) is 5.29. The third-order valence-corrected chi connectivity index (χ3v) is 3.37. The molecule has 0 aliphatic heterocycles. The number of unbranched alkanes of at least 4 members (excludes halogenated alkanes) is 1. The Labute approximate surface area is 90.9 Å². The number of nitrogens with zero attached hydrogens (tertiary/aromatic N) is 1. The molecular weight excluding hydrogens is 198 g/mol. The fourth-order valence-electron chi connectivity index (χ4n) is 2.28. The van der Waals surface area contributed by atoms with Crippen LogP contribution in [0.5, 0.6) is 0 Å². The average Bonchev–Trinajstić information content (AvgIpc) is 2.18. The average molecular weight is 216 g/mol. The van der Waals surface area contributed by atoms with Gasteiger partial charge in [-0.2, -0.15) is 5.26 Å². The van der Waals surface area contributed by atoms with Crippen molar-refractivity contribution < 1.29 is 5.11 Å². The van der Waals surface area contributed by atoms with Gasteiger partial charge >= 0.3 is 0 Å². The normalized spacial score (nSPS) is 32.5. The van der Waals surface area contributed by atoms with Crippen LogP contribution in [0.25, 0.3) is 0 Å². The molecule has 0 amide bonds. The molecule has 3 atom stereocenters. The first-order chi connectivity index (χ1) is 6.79. The first-order valence-electron chi connectivity index (χ1n) is 5.43. The molecule has 0 radical (unpaired) electrons. The number of aliphatic hydroxyl groups excluding tert-OH is 1. The third-order valence-electron chi connectivity index (χ3n) is 3.10. The molecule has 1 N–H and O–H groups in total. The summed E-state index contributed by atoms with van der Waals surface area (Å²) < 4.78 is 0. The molecule has 0 aromatic heterocycles. The molecule has 0 unspecified atom stereocenters. The Hall–Kier alpha value is -0.260. The fourth-order valence-corrected chi connectivity index (χ4v) is 2.47. The van der Waals surface area contributed by atoms with Crippen LogP contribution < -0.4 is 0 Å². The van der Waals surface area contributed by atoms with Crippen molar-refractivity contribution in [3.05, 3.63) is 0 Å². The van der Waals surface area contributed by atoms with Crippen LogP contribution in [0.3, 0.4) is 0 Å². The van der Waals surface area contributed by atoms with Crippen LogP contribution in [0.15, 0.2) is 0 Å². The number of alkyl halides is 1. The second-order valence-corrected chi connectivity index (χ2v) is 4.48. The second kappa shape index (κ2) is 6.27. The van der Waals surface area contributed by atoms with Gasteiger partial charge in [-0.1, -0.05) is 12.8 Å². The largest absolute Gasteiger partial charge is 0.392 e. The van der Waals surface area contributed by atoms with Gasteiger partial charge in [-0.25, -0.2) is 0 Å². The van der Waals surface area contributed by atoms with Crippen molar-refractivity contribution in [2.24, 2.45) is 11.8 Å². The Morgan fingerprint density at radius 3 is 2.79 bits per heavy atom. The van der Waals surface area contributed by atoms with Gasteiger partial charge in [-0.3, -0.25) is 0 Å². The molecule has 0 bridgehead atoms. The number of hydrogen-bond donors (Lipinski definition) is 1. The quantitative estimate of drug-likeness (QED) is 0.579. The summed E-state index contributed by atoms with van der Waals surface area (Å²) in [5, 5.41) is 18.6. The maximum absolute atomic E-state index is 9.65. The number of hydrogen-bond acceptors (Lipinski definition) is 2. The molecule has 0 heterocycles. The molecule has 14 heavy (non-hydrogen) atoms. The maximum atomic E-state index is 9.65. The van der Waals surface area contributed by atoms with E-state index in [9.17, 15) is 5.11 Å². The number of halogens is 1. The minimum absolute atomic E-state index is 0.140. The zero-order chi connectivity index (χ0) is 10.4. The lowest BCUT2D eigenvalue weighted by Crippen LogP contribution is -2.31. The SMILES string of the molecule is N#C[C@@H]1[C@H](CCCCCl)CCC[C@H]1O. The molecule has 1 aliphatic carbocycles. The molecule has 1 saturated carbocycles. The topological polar surface area (TPSA) is 44.0 Å². The third kappa shape index (κ3) is 3.15. The van der Waals surface area contributed by atoms with Crippen molar-refractivity contribution in [2.75, 3.05) is 5.88 Å². The summed E-state index contributed by atoms with van der Waals surface area (Å²) >= 11 is 5.60. The maximum Gasteiger partial charge on any atom is 0.0750 e. The van der Waals surface area contributed by atoms with E-state index >= 15 is 0 Å². The van der Waals surface area contributed by atoms with Crippen LogP contribution in [0.4, 0.5) is 0 Å². The molecule has 80 valence electrons. The molecule has 1 fully saturated rings. The first kappa shape index (κ1) is 11.8. The predicted molar refractivity (Wildman–Crippen MR) is 57.0 cm³/mol. The van der Waals surface area contributed by atoms with Crippen LogP contribution in [0.2, 0.25) is 0 Å². The van der Waals surface area contributed by atoms with E-state index in [1.807, 2.05) is 0 Å². The standard InChI is InChI=1S/C11H18ClNO/c12-7-2-1-4-9-5-3-6-11(14)10(9)8-13/h9-11,14H,1-7H2/t9-,10-,11-/m1/s1. The van der Waals surface area contributed by atoms with E-state index in [1.54, 1.807) is 0 Å². The second-order valence-electron chi connectivity index (χ2n) is 4.10. The summed E-state index contributed by atoms with van der Waals surface area (Å²) in [4.78, 5) is 0. The first-order valence-corrected chi connectivity index (χ1v) is 5.96. The summed E-state index contributed by atoms with van der Waals surface area (Å²) in [5.41, 5.74) is 0. The van der Waals surface area contributed by atoms with E-state index in [0.29, 0.717) is 11.8 Å². The van der Waals surface area contributed by atoms with Gasteiger partial charge in [0, 0.05) is 5.88 Å². The molecule has 0 spiro atoms. The Balaban J connectivity index is 2.37. The highest BCUT2D eigenvalue weighted by Crippen LogP contribution is 2.33. The van der Waals surface area contributed by atoms with Gasteiger partial charge in [0.05, 0.1) is 18.1 Å². The van der Waals surface area contributed by atoms with Gasteiger partial charge in [0.1, 0.15) is 0 Å². The summed E-state index contributed by atoms with van der Waals surface area (Å²) in [7, 11) is 0. The van der Waals surface area contributed by atoms with E-state index in [2.05, 4.69) is 6.07 Å². The number of aliphatic hydroxyl groups is 1. The van der Waals surface area contributed by atoms with Crippen molar-refractivity contribution in [3.63, 3.8) is 0 Å². The minimum atomic E-state index is -0.394. The van der Waals surface area contributed by atoms with Gasteiger partial charge in [-0.05, 0) is 31.6 Å². The molecule has 3 heteroatoms. The molecule has 1 rings (SSSR count). The van der Waals surface area contributed by atoms with Crippen molar-refractivity contribution in [3.8, 4) is 6.07 Å². The monoisotopic (exact) mass is 215 g/mol. The van der Waals surface area contributed by atoms with Crippen molar-refractivity contribution >= 4 is 11.6 Å². The zero-order valence-corrected chi connectivity index (χ0v) is 9.21. The van der Waals surface area contributed by atoms with Crippen molar-refractivity contribution in [1.29, 1.82) is 5.26 Å². The van der Waals surface area contributed by atoms with Crippen LogP contribution in [-0.4, -0.2) is 17.1 Å². The van der Waals surface area contributed by atoms with Gasteiger partial charge in [0.25, 0.3) is 0 Å². The Morgan fingerprint density at radius 2 is 2.14 bits per heavy atom. The van der Waals surface area contributed by atoms with E-state index < -0.39 is 6.10 Å². The van der Waals surface area contributed by atoms with E-state index in [-0.39, 0.29) is 5.92 Å².